The van der Waals surface area contributed by atoms with Crippen LogP contribution in [0.4, 0.5) is 13.2 Å². The number of hydrogen-bond donors (Lipinski definition) is 0. The Labute approximate surface area is 86.1 Å². The van der Waals surface area contributed by atoms with Crippen LogP contribution in [0.5, 0.6) is 0 Å². The Bertz CT molecular complexity index is 339. The normalized spacial score (nSPS) is 11.9. The van der Waals surface area contributed by atoms with Crippen LogP contribution in [0.25, 0.3) is 5.83 Å². The molecule has 0 nitrogen and oxygen atoms in total. The molecule has 1 aromatic rings. The van der Waals surface area contributed by atoms with E-state index in [9.17, 15) is 13.2 Å². The number of hydrogen-bond acceptors (Lipinski definition) is 0. The molecule has 13 heavy (non-hydrogen) atoms. The monoisotopic (exact) mass is 270 g/mol. The molecule has 0 amide bonds. The fraction of sp³-hybridized carbons (Fsp3) is 0. The lowest BCUT2D eigenvalue weighted by atomic mass is 10.2. The van der Waals surface area contributed by atoms with Crippen LogP contribution in [-0.4, -0.2) is 0 Å². The summed E-state index contributed by atoms with van der Waals surface area (Å²) in [4.78, 5) is 0. The summed E-state index contributed by atoms with van der Waals surface area (Å²) in [6.07, 6.45) is 0. The number of benzene rings is 1. The molecule has 70 valence electrons. The van der Waals surface area contributed by atoms with E-state index >= 15 is 0 Å². The third-order valence-corrected chi connectivity index (χ3v) is 1.99. The van der Waals surface area contributed by atoms with E-state index in [2.05, 4.69) is 15.9 Å². The van der Waals surface area contributed by atoms with Crippen LogP contribution in [0.15, 0.2) is 22.1 Å². The van der Waals surface area contributed by atoms with Gasteiger partial charge in [-0.15, -0.1) is 0 Å². The minimum Gasteiger partial charge on any atom is -0.206 e. The van der Waals surface area contributed by atoms with Gasteiger partial charge < -0.3 is 0 Å². The highest BCUT2D eigenvalue weighted by molar-refractivity contribution is 9.10. The van der Waals surface area contributed by atoms with Crippen LogP contribution in [0, 0.1) is 11.6 Å². The summed E-state index contributed by atoms with van der Waals surface area (Å²) in [6, 6.07) is 1.91. The summed E-state index contributed by atoms with van der Waals surface area (Å²) in [5, 5.41) is 0. The predicted octanol–water partition coefficient (Wildman–Crippen LogP) is 4.23. The second kappa shape index (κ2) is 4.15. The first-order chi connectivity index (χ1) is 6.06. The zero-order valence-electron chi connectivity index (χ0n) is 6.12. The van der Waals surface area contributed by atoms with Crippen LogP contribution < -0.4 is 0 Å². The largest absolute Gasteiger partial charge is 0.206 e. The minimum absolute atomic E-state index is 0.202. The van der Waals surface area contributed by atoms with Crippen molar-refractivity contribution in [3.63, 3.8) is 0 Å². The smallest absolute Gasteiger partial charge is 0.147 e. The highest BCUT2D eigenvalue weighted by Crippen LogP contribution is 2.26. The first-order valence-corrected chi connectivity index (χ1v) is 4.40. The fourth-order valence-electron chi connectivity index (χ4n) is 0.825. The van der Waals surface area contributed by atoms with Gasteiger partial charge in [-0.05, 0) is 12.1 Å². The average molecular weight is 271 g/mol. The molecule has 0 unspecified atom stereocenters. The molecule has 1 rings (SSSR count). The summed E-state index contributed by atoms with van der Waals surface area (Å²) in [5.41, 5.74) is -0.270. The molecule has 0 saturated carbocycles. The van der Waals surface area contributed by atoms with Crippen molar-refractivity contribution >= 4 is 33.4 Å². The van der Waals surface area contributed by atoms with Gasteiger partial charge in [-0.2, -0.15) is 0 Å². The van der Waals surface area contributed by atoms with Crippen molar-refractivity contribution in [1.82, 2.24) is 0 Å². The van der Waals surface area contributed by atoms with Crippen molar-refractivity contribution in [3.8, 4) is 0 Å². The summed E-state index contributed by atoms with van der Waals surface area (Å²) in [7, 11) is 0. The van der Waals surface area contributed by atoms with Gasteiger partial charge in [0, 0.05) is 10.0 Å². The molecule has 0 saturated heterocycles. The van der Waals surface area contributed by atoms with Crippen LogP contribution in [0.1, 0.15) is 5.56 Å². The number of rotatable bonds is 1. The van der Waals surface area contributed by atoms with Gasteiger partial charge in [0.15, 0.2) is 0 Å². The van der Waals surface area contributed by atoms with Crippen molar-refractivity contribution in [2.45, 2.75) is 0 Å². The number of halogens is 5. The highest BCUT2D eigenvalue weighted by atomic mass is 79.9. The van der Waals surface area contributed by atoms with Gasteiger partial charge >= 0.3 is 0 Å². The SMILES string of the molecule is F/C(=C\Cl)c1c(F)cc(Br)cc1F. The van der Waals surface area contributed by atoms with E-state index in [1.54, 1.807) is 0 Å². The maximum Gasteiger partial charge on any atom is 0.147 e. The van der Waals surface area contributed by atoms with Crippen LogP contribution in [-0.2, 0) is 0 Å². The molecule has 0 radical (unpaired) electrons. The standard InChI is InChI=1S/C8H3BrClF3/c9-4-1-5(11)8(6(12)2-4)7(13)3-10/h1-3H/b7-3-. The molecular formula is C8H3BrClF3. The topological polar surface area (TPSA) is 0 Å². The van der Waals surface area contributed by atoms with Gasteiger partial charge in [0.1, 0.15) is 17.5 Å². The van der Waals surface area contributed by atoms with E-state index in [4.69, 9.17) is 11.6 Å². The van der Waals surface area contributed by atoms with Gasteiger partial charge in [0.05, 0.1) is 5.56 Å². The summed E-state index contributed by atoms with van der Waals surface area (Å²) in [6.45, 7) is 0. The Balaban J connectivity index is 3.37. The Hall–Kier alpha value is -0.480. The molecular weight excluding hydrogens is 268 g/mol. The summed E-state index contributed by atoms with van der Waals surface area (Å²) >= 11 is 7.85. The van der Waals surface area contributed by atoms with Crippen molar-refractivity contribution in [1.29, 1.82) is 0 Å². The molecule has 0 N–H and O–H groups in total. The lowest BCUT2D eigenvalue weighted by Crippen LogP contribution is -1.91. The van der Waals surface area contributed by atoms with E-state index in [1.165, 1.54) is 0 Å². The van der Waals surface area contributed by atoms with Crippen LogP contribution in [0.3, 0.4) is 0 Å². The fourth-order valence-corrected chi connectivity index (χ4v) is 1.34. The van der Waals surface area contributed by atoms with Crippen molar-refractivity contribution in [2.24, 2.45) is 0 Å². The van der Waals surface area contributed by atoms with E-state index in [-0.39, 0.29) is 4.47 Å². The molecule has 0 aliphatic heterocycles. The van der Waals surface area contributed by atoms with E-state index in [0.717, 1.165) is 12.1 Å². The quantitative estimate of drug-likeness (QED) is 0.717. The lowest BCUT2D eigenvalue weighted by molar-refractivity contribution is 0.564. The molecule has 0 bridgehead atoms. The molecule has 5 heteroatoms. The van der Waals surface area contributed by atoms with Crippen molar-refractivity contribution < 1.29 is 13.2 Å². The summed E-state index contributed by atoms with van der Waals surface area (Å²) < 4.78 is 38.8. The average Bonchev–Trinajstić information content (AvgIpc) is 2.02. The first-order valence-electron chi connectivity index (χ1n) is 3.17. The van der Waals surface area contributed by atoms with E-state index in [1.807, 2.05) is 0 Å². The predicted molar refractivity (Wildman–Crippen MR) is 49.0 cm³/mol. The maximum absolute atomic E-state index is 12.9. The maximum atomic E-state index is 12.9. The van der Waals surface area contributed by atoms with Gasteiger partial charge in [-0.25, -0.2) is 13.2 Å². The van der Waals surface area contributed by atoms with E-state index in [0.29, 0.717) is 5.54 Å². The molecule has 0 aromatic heterocycles. The first kappa shape index (κ1) is 10.6. The van der Waals surface area contributed by atoms with Gasteiger partial charge in [0.25, 0.3) is 0 Å². The third-order valence-electron chi connectivity index (χ3n) is 1.34. The Kier molecular flexibility index (Phi) is 3.39. The molecule has 0 aliphatic carbocycles. The Morgan fingerprint density at radius 2 is 1.77 bits per heavy atom. The molecule has 0 fully saturated rings. The zero-order valence-corrected chi connectivity index (χ0v) is 8.46. The third kappa shape index (κ3) is 2.25. The van der Waals surface area contributed by atoms with Gasteiger partial charge in [-0.3, -0.25) is 0 Å². The van der Waals surface area contributed by atoms with Gasteiger partial charge in [-0.1, -0.05) is 27.5 Å². The molecule has 1 aromatic carbocycles. The molecule has 0 spiro atoms. The Morgan fingerprint density at radius 1 is 1.31 bits per heavy atom. The van der Waals surface area contributed by atoms with Gasteiger partial charge in [0.2, 0.25) is 0 Å². The second-order valence-corrected chi connectivity index (χ2v) is 3.34. The van der Waals surface area contributed by atoms with E-state index < -0.39 is 23.0 Å². The van der Waals surface area contributed by atoms with Crippen LogP contribution >= 0.6 is 27.5 Å². The molecule has 0 atom stereocenters. The lowest BCUT2D eigenvalue weighted by Gasteiger charge is -2.01. The molecule has 0 heterocycles. The zero-order chi connectivity index (χ0) is 10.0. The van der Waals surface area contributed by atoms with Crippen molar-refractivity contribution in [3.05, 3.63) is 39.3 Å². The summed E-state index contributed by atoms with van der Waals surface area (Å²) in [5.74, 6) is -3.13. The van der Waals surface area contributed by atoms with Crippen LogP contribution in [0.2, 0.25) is 0 Å². The minimum atomic E-state index is -1.14. The Morgan fingerprint density at radius 3 is 2.15 bits per heavy atom. The second-order valence-electron chi connectivity index (χ2n) is 2.20. The highest BCUT2D eigenvalue weighted by Gasteiger charge is 2.14. The molecule has 0 aliphatic rings. The van der Waals surface area contributed by atoms with Crippen molar-refractivity contribution in [2.75, 3.05) is 0 Å².